The smallest absolute Gasteiger partial charge is 0.356 e. The number of aromatic nitrogens is 4. The summed E-state index contributed by atoms with van der Waals surface area (Å²) in [6.45, 7) is 0.132. The summed E-state index contributed by atoms with van der Waals surface area (Å²) >= 11 is 0. The van der Waals surface area contributed by atoms with Gasteiger partial charge in [-0.15, -0.1) is 0 Å². The van der Waals surface area contributed by atoms with E-state index in [1.165, 1.54) is 30.3 Å². The number of rotatable bonds is 21. The Morgan fingerprint density at radius 2 is 1.05 bits per heavy atom. The van der Waals surface area contributed by atoms with E-state index in [2.05, 4.69) is 40.6 Å². The first kappa shape index (κ1) is 45.3. The molecule has 4 aromatic heterocycles. The first-order chi connectivity index (χ1) is 30.3. The lowest BCUT2D eigenvalue weighted by Crippen LogP contribution is -2.20. The number of carboxylic acid groups (broad SMARTS) is 2. The van der Waals surface area contributed by atoms with Crippen molar-refractivity contribution in [1.82, 2.24) is 19.9 Å². The molecule has 23 heteroatoms. The molecule has 3 amide bonds. The number of methoxy groups -OCH3 is 1. The minimum absolute atomic E-state index is 0.0183. The molecule has 0 aliphatic heterocycles. The standard InChI is InChI=1S/C40H36N8O15/c1-3-4-18-60-39-30(48(57)58)17-16-25(46-39)35(55)41-26-12-10-23(44-36(26)61-19-22-8-6-5-7-9-22)33(53)42-27-13-11-24(45-37(27)62-20-31(49)50)34(54)43-28-14-15-29(40(56)59-2)47-38(28)63-21-32(51)52/h5-17H,3-4,18-21H2,1-2H3,(H,41,55)(H,42,53)(H,43,54)(H,49,50)(H,51,52). The second-order valence-electron chi connectivity index (χ2n) is 12.6. The zero-order valence-electron chi connectivity index (χ0n) is 33.2. The van der Waals surface area contributed by atoms with Crippen molar-refractivity contribution < 1.29 is 67.6 Å². The van der Waals surface area contributed by atoms with Crippen molar-refractivity contribution in [1.29, 1.82) is 0 Å². The summed E-state index contributed by atoms with van der Waals surface area (Å²) in [5, 5.41) is 37.4. The third kappa shape index (κ3) is 12.6. The number of carbonyl (C=O) groups is 6. The average molecular weight is 869 g/mol. The maximum Gasteiger partial charge on any atom is 0.356 e. The summed E-state index contributed by atoms with van der Waals surface area (Å²) in [7, 11) is 1.10. The molecule has 63 heavy (non-hydrogen) atoms. The number of amides is 3. The van der Waals surface area contributed by atoms with E-state index in [0.717, 1.165) is 31.7 Å². The topological polar surface area (TPSA) is 320 Å². The van der Waals surface area contributed by atoms with Gasteiger partial charge >= 0.3 is 23.6 Å². The third-order valence-corrected chi connectivity index (χ3v) is 8.07. The van der Waals surface area contributed by atoms with Crippen molar-refractivity contribution in [3.8, 4) is 23.5 Å². The molecule has 4 heterocycles. The van der Waals surface area contributed by atoms with Crippen molar-refractivity contribution in [2.45, 2.75) is 26.4 Å². The van der Waals surface area contributed by atoms with Gasteiger partial charge in [-0.3, -0.25) is 24.5 Å². The highest BCUT2D eigenvalue weighted by Gasteiger charge is 2.24. The van der Waals surface area contributed by atoms with Crippen LogP contribution in [-0.4, -0.2) is 97.6 Å². The van der Waals surface area contributed by atoms with Crippen LogP contribution < -0.4 is 34.9 Å². The SMILES string of the molecule is CCCCOc1nc(C(=O)Nc2ccc(C(=O)Nc3ccc(C(=O)Nc4ccc(C(=O)OC)nc4OCC(=O)O)nc3OCC(=O)O)nc2OCc2ccccc2)ccc1[N+](=O)[O-]. The average Bonchev–Trinajstić information content (AvgIpc) is 3.27. The lowest BCUT2D eigenvalue weighted by molar-refractivity contribution is -0.386. The Hall–Kier alpha value is -8.76. The lowest BCUT2D eigenvalue weighted by Gasteiger charge is -2.15. The Morgan fingerprint density at radius 3 is 1.51 bits per heavy atom. The van der Waals surface area contributed by atoms with Crippen LogP contribution in [0.5, 0.6) is 23.5 Å². The molecule has 0 spiro atoms. The number of carboxylic acids is 2. The third-order valence-electron chi connectivity index (χ3n) is 8.07. The van der Waals surface area contributed by atoms with Crippen LogP contribution in [0.1, 0.15) is 67.3 Å². The molecule has 0 saturated carbocycles. The van der Waals surface area contributed by atoms with Crippen LogP contribution in [0, 0.1) is 10.1 Å². The molecule has 0 atom stereocenters. The maximum atomic E-state index is 13.7. The van der Waals surface area contributed by atoms with E-state index < -0.39 is 71.2 Å². The van der Waals surface area contributed by atoms with Gasteiger partial charge in [0.15, 0.2) is 18.9 Å². The molecule has 0 aliphatic rings. The first-order valence-corrected chi connectivity index (χ1v) is 18.5. The number of ether oxygens (including phenoxy) is 5. The Morgan fingerprint density at radius 1 is 0.603 bits per heavy atom. The molecule has 5 rings (SSSR count). The fourth-order valence-electron chi connectivity index (χ4n) is 5.07. The summed E-state index contributed by atoms with van der Waals surface area (Å²) < 4.78 is 26.4. The van der Waals surface area contributed by atoms with Crippen molar-refractivity contribution >= 4 is 58.4 Å². The minimum atomic E-state index is -1.43. The normalized spacial score (nSPS) is 10.4. The monoisotopic (exact) mass is 868 g/mol. The van der Waals surface area contributed by atoms with Crippen LogP contribution in [0.15, 0.2) is 78.9 Å². The number of anilines is 3. The van der Waals surface area contributed by atoms with Crippen LogP contribution in [0.25, 0.3) is 0 Å². The summed E-state index contributed by atoms with van der Waals surface area (Å²) in [5.74, 6) is -7.90. The molecule has 5 N–H and O–H groups in total. The highest BCUT2D eigenvalue weighted by atomic mass is 16.6. The molecule has 0 saturated heterocycles. The molecule has 0 aliphatic carbocycles. The van der Waals surface area contributed by atoms with Crippen LogP contribution in [0.2, 0.25) is 0 Å². The van der Waals surface area contributed by atoms with Crippen LogP contribution >= 0.6 is 0 Å². The van der Waals surface area contributed by atoms with Gasteiger partial charge < -0.3 is 49.8 Å². The number of hydrogen-bond acceptors (Lipinski definition) is 17. The number of nitrogens with one attached hydrogen (secondary N) is 3. The molecular weight excluding hydrogens is 832 g/mol. The summed E-state index contributed by atoms with van der Waals surface area (Å²) in [6, 6.07) is 18.3. The highest BCUT2D eigenvalue weighted by Crippen LogP contribution is 2.30. The molecule has 0 radical (unpaired) electrons. The van der Waals surface area contributed by atoms with Crippen molar-refractivity contribution in [2.24, 2.45) is 0 Å². The molecule has 5 aromatic rings. The Kier molecular flexibility index (Phi) is 15.5. The van der Waals surface area contributed by atoms with Crippen LogP contribution in [0.3, 0.4) is 0 Å². The number of nitro groups is 1. The molecule has 0 unspecified atom stereocenters. The van der Waals surface area contributed by atoms with Gasteiger partial charge in [0.2, 0.25) is 17.6 Å². The molecule has 0 fully saturated rings. The van der Waals surface area contributed by atoms with Gasteiger partial charge in [0.05, 0.1) is 18.6 Å². The van der Waals surface area contributed by atoms with Crippen LogP contribution in [0.4, 0.5) is 22.7 Å². The number of aliphatic carboxylic acids is 2. The fraction of sp³-hybridized carbons (Fsp3) is 0.200. The van der Waals surface area contributed by atoms with E-state index in [4.69, 9.17) is 24.1 Å². The Labute approximate surface area is 355 Å². The lowest BCUT2D eigenvalue weighted by atomic mass is 10.2. The van der Waals surface area contributed by atoms with E-state index in [9.17, 15) is 44.0 Å². The van der Waals surface area contributed by atoms with Crippen molar-refractivity contribution in [2.75, 3.05) is 42.9 Å². The largest absolute Gasteiger partial charge is 0.479 e. The van der Waals surface area contributed by atoms with Gasteiger partial charge in [-0.2, -0.15) is 0 Å². The van der Waals surface area contributed by atoms with E-state index in [1.54, 1.807) is 30.3 Å². The zero-order valence-corrected chi connectivity index (χ0v) is 33.2. The van der Waals surface area contributed by atoms with E-state index >= 15 is 0 Å². The number of benzene rings is 1. The summed E-state index contributed by atoms with van der Waals surface area (Å²) in [4.78, 5) is 102. The van der Waals surface area contributed by atoms with Crippen LogP contribution in [-0.2, 0) is 20.9 Å². The molecule has 23 nitrogen and oxygen atoms in total. The predicted molar refractivity (Wildman–Crippen MR) is 216 cm³/mol. The number of esters is 1. The number of pyridine rings is 4. The molecule has 326 valence electrons. The fourth-order valence-corrected chi connectivity index (χ4v) is 5.07. The highest BCUT2D eigenvalue weighted by molar-refractivity contribution is 6.07. The van der Waals surface area contributed by atoms with E-state index in [1.807, 2.05) is 6.92 Å². The molecular formula is C40H36N8O15. The van der Waals surface area contributed by atoms with E-state index in [0.29, 0.717) is 12.0 Å². The number of hydrogen-bond donors (Lipinski definition) is 5. The second-order valence-corrected chi connectivity index (χ2v) is 12.6. The number of nitrogens with zero attached hydrogens (tertiary/aromatic N) is 5. The van der Waals surface area contributed by atoms with Gasteiger partial charge in [-0.05, 0) is 54.4 Å². The van der Waals surface area contributed by atoms with Gasteiger partial charge in [-0.1, -0.05) is 43.7 Å². The summed E-state index contributed by atoms with van der Waals surface area (Å²) in [5.41, 5.74) is -1.30. The van der Waals surface area contributed by atoms with Crippen molar-refractivity contribution in [3.63, 3.8) is 0 Å². The van der Waals surface area contributed by atoms with E-state index in [-0.39, 0.29) is 64.8 Å². The van der Waals surface area contributed by atoms with Gasteiger partial charge in [0.1, 0.15) is 40.8 Å². The van der Waals surface area contributed by atoms with Gasteiger partial charge in [0.25, 0.3) is 23.6 Å². The quantitative estimate of drug-likeness (QED) is 0.0295. The predicted octanol–water partition coefficient (Wildman–Crippen LogP) is 4.40. The Bertz CT molecular complexity index is 2540. The van der Waals surface area contributed by atoms with Crippen molar-refractivity contribution in [3.05, 3.63) is 117 Å². The number of carbonyl (C=O) groups excluding carboxylic acids is 4. The second kappa shape index (κ2) is 21.5. The van der Waals surface area contributed by atoms with Gasteiger partial charge in [-0.25, -0.2) is 34.3 Å². The van der Waals surface area contributed by atoms with Gasteiger partial charge in [0, 0.05) is 6.07 Å². The molecule has 1 aromatic carbocycles. The zero-order chi connectivity index (χ0) is 45.5. The number of unbranched alkanes of at least 4 members (excludes halogenated alkanes) is 1. The minimum Gasteiger partial charge on any atom is -0.479 e. The summed E-state index contributed by atoms with van der Waals surface area (Å²) in [6.07, 6.45) is 1.33. The molecule has 0 bridgehead atoms. The maximum absolute atomic E-state index is 13.7. The Balaban J connectivity index is 1.41. The first-order valence-electron chi connectivity index (χ1n) is 18.5.